The second kappa shape index (κ2) is 10.3. The van der Waals surface area contributed by atoms with Crippen molar-refractivity contribution in [3.8, 4) is 0 Å². The zero-order chi connectivity index (χ0) is 21.1. The summed E-state index contributed by atoms with van der Waals surface area (Å²) in [5, 5.41) is 10.4. The van der Waals surface area contributed by atoms with Crippen LogP contribution in [0.1, 0.15) is 54.4 Å². The van der Waals surface area contributed by atoms with E-state index in [0.717, 1.165) is 0 Å². The third kappa shape index (κ3) is 7.03. The summed E-state index contributed by atoms with van der Waals surface area (Å²) < 4.78 is 40.4. The Kier molecular flexibility index (Phi) is 8.92. The molecule has 1 saturated carbocycles. The van der Waals surface area contributed by atoms with Gasteiger partial charge in [0.2, 0.25) is 0 Å². The van der Waals surface area contributed by atoms with Gasteiger partial charge in [-0.3, -0.25) is 9.05 Å². The zero-order valence-electron chi connectivity index (χ0n) is 17.8. The van der Waals surface area contributed by atoms with Crippen LogP contribution in [0, 0.1) is 11.8 Å². The monoisotopic (exact) mass is 424 g/mol. The van der Waals surface area contributed by atoms with Crippen LogP contribution < -0.4 is 0 Å². The second-order valence-electron chi connectivity index (χ2n) is 8.60. The summed E-state index contributed by atoms with van der Waals surface area (Å²) in [6.07, 6.45) is -0.648. The van der Waals surface area contributed by atoms with Crippen LogP contribution in [0.2, 0.25) is 0 Å². The highest BCUT2D eigenvalue weighted by atomic mass is 31.2. The maximum absolute atomic E-state index is 12.5. The van der Waals surface area contributed by atoms with Gasteiger partial charge in [0.05, 0.1) is 49.8 Å². The minimum absolute atomic E-state index is 0.000243. The molecule has 2 aliphatic rings. The van der Waals surface area contributed by atoms with Crippen molar-refractivity contribution in [1.82, 2.24) is 0 Å². The first-order valence-corrected chi connectivity index (χ1v) is 11.7. The second-order valence-corrected chi connectivity index (χ2v) is 10.0. The smallest absolute Gasteiger partial charge is 0.392 e. The van der Waals surface area contributed by atoms with Gasteiger partial charge in [0.1, 0.15) is 6.10 Å². The predicted molar refractivity (Wildman–Crippen MR) is 104 cm³/mol. The SMILES string of the molecule is CC(C)OC[C@H]1C(O)[C@@H](C)C[C@H]1OP(=O)(O)OC[C@H]1O[C@@H](C)CC1OC(C)C. The van der Waals surface area contributed by atoms with Crippen LogP contribution in [0.4, 0.5) is 0 Å². The van der Waals surface area contributed by atoms with Crippen molar-refractivity contribution in [2.24, 2.45) is 11.8 Å². The molecule has 0 aromatic carbocycles. The fourth-order valence-corrected chi connectivity index (χ4v) is 4.86. The van der Waals surface area contributed by atoms with Gasteiger partial charge in [-0.2, -0.15) is 0 Å². The maximum atomic E-state index is 12.5. The van der Waals surface area contributed by atoms with E-state index in [1.807, 2.05) is 41.5 Å². The summed E-state index contributed by atoms with van der Waals surface area (Å²) in [4.78, 5) is 10.2. The van der Waals surface area contributed by atoms with Gasteiger partial charge >= 0.3 is 7.82 Å². The van der Waals surface area contributed by atoms with Gasteiger partial charge in [-0.15, -0.1) is 0 Å². The van der Waals surface area contributed by atoms with E-state index in [1.165, 1.54) is 0 Å². The van der Waals surface area contributed by atoms with Crippen molar-refractivity contribution in [1.29, 1.82) is 0 Å². The zero-order valence-corrected chi connectivity index (χ0v) is 18.7. The fraction of sp³-hybridized carbons (Fsp3) is 1.00. The van der Waals surface area contributed by atoms with Crippen molar-refractivity contribution in [2.75, 3.05) is 13.2 Å². The minimum Gasteiger partial charge on any atom is -0.392 e. The predicted octanol–water partition coefficient (Wildman–Crippen LogP) is 2.90. The van der Waals surface area contributed by atoms with E-state index in [4.69, 9.17) is 23.3 Å². The van der Waals surface area contributed by atoms with Crippen LogP contribution in [0.5, 0.6) is 0 Å². The number of aliphatic hydroxyl groups is 1. The van der Waals surface area contributed by atoms with E-state index in [1.54, 1.807) is 0 Å². The van der Waals surface area contributed by atoms with Crippen LogP contribution in [0.3, 0.4) is 0 Å². The number of rotatable bonds is 10. The molecule has 0 aromatic rings. The Morgan fingerprint density at radius 3 is 2.36 bits per heavy atom. The van der Waals surface area contributed by atoms with E-state index >= 15 is 0 Å². The van der Waals surface area contributed by atoms with E-state index in [-0.39, 0.29) is 49.5 Å². The number of phosphoric acid groups is 1. The lowest BCUT2D eigenvalue weighted by Crippen LogP contribution is -2.32. The van der Waals surface area contributed by atoms with E-state index in [9.17, 15) is 14.6 Å². The molecule has 9 heteroatoms. The lowest BCUT2D eigenvalue weighted by molar-refractivity contribution is -0.0661. The van der Waals surface area contributed by atoms with E-state index < -0.39 is 26.1 Å². The summed E-state index contributed by atoms with van der Waals surface area (Å²) in [5.41, 5.74) is 0. The highest BCUT2D eigenvalue weighted by Crippen LogP contribution is 2.50. The van der Waals surface area contributed by atoms with Gasteiger partial charge in [0.15, 0.2) is 0 Å². The molecule has 0 spiro atoms. The highest BCUT2D eigenvalue weighted by Gasteiger charge is 2.45. The Morgan fingerprint density at radius 2 is 1.75 bits per heavy atom. The molecule has 0 radical (unpaired) electrons. The van der Waals surface area contributed by atoms with Gasteiger partial charge < -0.3 is 24.2 Å². The molecule has 1 saturated heterocycles. The first-order chi connectivity index (χ1) is 13.0. The number of ether oxygens (including phenoxy) is 3. The summed E-state index contributed by atoms with van der Waals surface area (Å²) in [6, 6.07) is 0. The summed E-state index contributed by atoms with van der Waals surface area (Å²) in [5.74, 6) is -0.421. The first-order valence-electron chi connectivity index (χ1n) is 10.2. The summed E-state index contributed by atoms with van der Waals surface area (Å²) in [6.45, 7) is 11.7. The molecule has 1 aliphatic heterocycles. The molecule has 0 bridgehead atoms. The molecule has 2 rings (SSSR count). The van der Waals surface area contributed by atoms with Crippen LogP contribution in [0.25, 0.3) is 0 Å². The van der Waals surface area contributed by atoms with Crippen molar-refractivity contribution in [3.63, 3.8) is 0 Å². The van der Waals surface area contributed by atoms with Gasteiger partial charge in [0.25, 0.3) is 0 Å². The first kappa shape index (κ1) is 24.2. The number of hydrogen-bond donors (Lipinski definition) is 2. The molecule has 0 aromatic heterocycles. The minimum atomic E-state index is -4.31. The number of aliphatic hydroxyl groups excluding tert-OH is 1. The molecule has 166 valence electrons. The molecule has 8 atom stereocenters. The molecule has 28 heavy (non-hydrogen) atoms. The third-order valence-electron chi connectivity index (χ3n) is 5.23. The van der Waals surface area contributed by atoms with Gasteiger partial charge in [-0.25, -0.2) is 4.57 Å². The number of hydrogen-bond acceptors (Lipinski definition) is 7. The molecular formula is C19H37O8P. The third-order valence-corrected chi connectivity index (χ3v) is 6.24. The quantitative estimate of drug-likeness (QED) is 0.516. The van der Waals surface area contributed by atoms with Crippen LogP contribution >= 0.6 is 7.82 Å². The van der Waals surface area contributed by atoms with Gasteiger partial charge in [0, 0.05) is 12.3 Å². The van der Waals surface area contributed by atoms with Crippen molar-refractivity contribution in [3.05, 3.63) is 0 Å². The Bertz CT molecular complexity index is 528. The van der Waals surface area contributed by atoms with Gasteiger partial charge in [-0.05, 0) is 47.0 Å². The lowest BCUT2D eigenvalue weighted by Gasteiger charge is -2.26. The average molecular weight is 424 g/mol. The van der Waals surface area contributed by atoms with Crippen LogP contribution in [-0.2, 0) is 27.8 Å². The molecule has 8 nitrogen and oxygen atoms in total. The Balaban J connectivity index is 1.91. The maximum Gasteiger partial charge on any atom is 0.472 e. The molecule has 0 amide bonds. The summed E-state index contributed by atoms with van der Waals surface area (Å²) in [7, 11) is -4.31. The molecule has 2 fully saturated rings. The summed E-state index contributed by atoms with van der Waals surface area (Å²) >= 11 is 0. The lowest BCUT2D eigenvalue weighted by atomic mass is 10.0. The Labute approximate surface area is 168 Å². The normalized spacial score (nSPS) is 38.4. The molecule has 2 N–H and O–H groups in total. The van der Waals surface area contributed by atoms with E-state index in [0.29, 0.717) is 12.8 Å². The molecule has 3 unspecified atom stereocenters. The van der Waals surface area contributed by atoms with Crippen LogP contribution in [-0.4, -0.2) is 65.9 Å². The molecular weight excluding hydrogens is 387 g/mol. The van der Waals surface area contributed by atoms with Gasteiger partial charge in [-0.1, -0.05) is 6.92 Å². The molecule has 1 heterocycles. The van der Waals surface area contributed by atoms with E-state index in [2.05, 4.69) is 0 Å². The standard InChI is InChI=1S/C19H37O8P/c1-11(2)23-9-15-16(7-13(5)19(15)20)27-28(21,22)24-10-18-17(25-12(3)4)8-14(6)26-18/h11-20H,7-10H2,1-6H3,(H,21,22)/t13-,14-,15+,16+,17?,18+,19?/m0/s1. The van der Waals surface area contributed by atoms with Crippen molar-refractivity contribution < 1.29 is 37.8 Å². The van der Waals surface area contributed by atoms with Crippen LogP contribution in [0.15, 0.2) is 0 Å². The number of phosphoric ester groups is 1. The highest BCUT2D eigenvalue weighted by molar-refractivity contribution is 7.47. The van der Waals surface area contributed by atoms with Crippen molar-refractivity contribution >= 4 is 7.82 Å². The average Bonchev–Trinajstić information content (AvgIpc) is 3.02. The fourth-order valence-electron chi connectivity index (χ4n) is 3.88. The largest absolute Gasteiger partial charge is 0.472 e. The molecule has 1 aliphatic carbocycles. The topological polar surface area (TPSA) is 104 Å². The Morgan fingerprint density at radius 1 is 1.07 bits per heavy atom. The van der Waals surface area contributed by atoms with Crippen molar-refractivity contribution in [2.45, 2.75) is 97.1 Å². The Hall–Kier alpha value is -0.0500.